The van der Waals surface area contributed by atoms with Crippen molar-refractivity contribution >= 4 is 5.97 Å². The third-order valence-electron chi connectivity index (χ3n) is 3.14. The van der Waals surface area contributed by atoms with Gasteiger partial charge in [-0.05, 0) is 20.9 Å². The van der Waals surface area contributed by atoms with E-state index in [1.165, 1.54) is 0 Å². The lowest BCUT2D eigenvalue weighted by Gasteiger charge is -2.30. The van der Waals surface area contributed by atoms with E-state index in [9.17, 15) is 4.79 Å². The molecular formula is C13H22N2O3. The largest absolute Gasteiger partial charge is 0.480 e. The van der Waals surface area contributed by atoms with E-state index >= 15 is 0 Å². The monoisotopic (exact) mass is 254 g/mol. The molecule has 0 atom stereocenters. The summed E-state index contributed by atoms with van der Waals surface area (Å²) < 4.78 is 5.65. The molecule has 0 bridgehead atoms. The van der Waals surface area contributed by atoms with Gasteiger partial charge >= 0.3 is 5.97 Å². The van der Waals surface area contributed by atoms with Gasteiger partial charge in [0.25, 0.3) is 0 Å². The standard InChI is InChI=1S/C13H22N2O3/c1-12(2,3)9-7-14-10(18-9)8-15(6)13(4,5)11(16)17/h7H,8H2,1-6H3,(H,16,17). The number of aromatic nitrogens is 1. The fraction of sp³-hybridized carbons (Fsp3) is 0.692. The summed E-state index contributed by atoms with van der Waals surface area (Å²) in [7, 11) is 1.75. The van der Waals surface area contributed by atoms with Crippen LogP contribution in [0.25, 0.3) is 0 Å². The Morgan fingerprint density at radius 2 is 1.94 bits per heavy atom. The molecule has 1 aromatic rings. The third kappa shape index (κ3) is 3.10. The van der Waals surface area contributed by atoms with Crippen molar-refractivity contribution in [3.8, 4) is 0 Å². The molecule has 1 aromatic heterocycles. The molecule has 5 heteroatoms. The first-order valence-electron chi connectivity index (χ1n) is 5.95. The summed E-state index contributed by atoms with van der Waals surface area (Å²) in [5, 5.41) is 9.13. The Hall–Kier alpha value is -1.36. The highest BCUT2D eigenvalue weighted by atomic mass is 16.4. The molecule has 0 aliphatic heterocycles. The van der Waals surface area contributed by atoms with E-state index in [-0.39, 0.29) is 5.41 Å². The molecule has 0 aromatic carbocycles. The van der Waals surface area contributed by atoms with Crippen LogP contribution in [-0.4, -0.2) is 33.5 Å². The van der Waals surface area contributed by atoms with Crippen molar-refractivity contribution in [2.45, 2.75) is 52.1 Å². The predicted octanol–water partition coefficient (Wildman–Crippen LogP) is 2.27. The zero-order valence-corrected chi connectivity index (χ0v) is 11.9. The second kappa shape index (κ2) is 4.72. The van der Waals surface area contributed by atoms with Gasteiger partial charge in [-0.25, -0.2) is 4.98 Å². The highest BCUT2D eigenvalue weighted by Crippen LogP contribution is 2.24. The smallest absolute Gasteiger partial charge is 0.323 e. The average Bonchev–Trinajstić information content (AvgIpc) is 2.65. The highest BCUT2D eigenvalue weighted by Gasteiger charge is 2.33. The molecule has 0 aliphatic carbocycles. The first-order chi connectivity index (χ1) is 8.05. The zero-order chi connectivity index (χ0) is 14.1. The van der Waals surface area contributed by atoms with Gasteiger partial charge in [-0.3, -0.25) is 9.69 Å². The van der Waals surface area contributed by atoms with Gasteiger partial charge in [0, 0.05) is 5.41 Å². The van der Waals surface area contributed by atoms with Gasteiger partial charge < -0.3 is 9.52 Å². The van der Waals surface area contributed by atoms with Crippen molar-refractivity contribution in [2.24, 2.45) is 0 Å². The predicted molar refractivity (Wildman–Crippen MR) is 68.4 cm³/mol. The highest BCUT2D eigenvalue weighted by molar-refractivity contribution is 5.77. The Bertz CT molecular complexity index is 430. The molecule has 18 heavy (non-hydrogen) atoms. The lowest BCUT2D eigenvalue weighted by Crippen LogP contribution is -2.47. The Kier molecular flexibility index (Phi) is 3.86. The van der Waals surface area contributed by atoms with E-state index in [0.717, 1.165) is 5.76 Å². The van der Waals surface area contributed by atoms with Gasteiger partial charge in [-0.15, -0.1) is 0 Å². The van der Waals surface area contributed by atoms with Gasteiger partial charge in [0.1, 0.15) is 11.3 Å². The van der Waals surface area contributed by atoms with Gasteiger partial charge in [0.15, 0.2) is 0 Å². The topological polar surface area (TPSA) is 66.6 Å². The van der Waals surface area contributed by atoms with Crippen LogP contribution in [0.4, 0.5) is 0 Å². The van der Waals surface area contributed by atoms with Crippen molar-refractivity contribution < 1.29 is 14.3 Å². The maximum atomic E-state index is 11.1. The fourth-order valence-corrected chi connectivity index (χ4v) is 1.29. The Morgan fingerprint density at radius 3 is 2.33 bits per heavy atom. The Labute approximate surface area is 108 Å². The number of aliphatic carboxylic acids is 1. The van der Waals surface area contributed by atoms with E-state index in [0.29, 0.717) is 12.4 Å². The molecule has 0 unspecified atom stereocenters. The lowest BCUT2D eigenvalue weighted by atomic mass is 9.94. The minimum Gasteiger partial charge on any atom is -0.480 e. The van der Waals surface area contributed by atoms with Crippen LogP contribution in [0.15, 0.2) is 10.6 Å². The summed E-state index contributed by atoms with van der Waals surface area (Å²) >= 11 is 0. The van der Waals surface area contributed by atoms with Gasteiger partial charge in [-0.2, -0.15) is 0 Å². The van der Waals surface area contributed by atoms with Crippen molar-refractivity contribution in [1.29, 1.82) is 0 Å². The molecule has 0 aliphatic rings. The van der Waals surface area contributed by atoms with E-state index < -0.39 is 11.5 Å². The molecule has 0 spiro atoms. The van der Waals surface area contributed by atoms with E-state index in [1.807, 2.05) is 20.8 Å². The summed E-state index contributed by atoms with van der Waals surface area (Å²) in [5.41, 5.74) is -1.04. The number of hydrogen-bond acceptors (Lipinski definition) is 4. The summed E-state index contributed by atoms with van der Waals surface area (Å²) in [5.74, 6) is 0.475. The van der Waals surface area contributed by atoms with Crippen LogP contribution in [0, 0.1) is 0 Å². The molecule has 0 fully saturated rings. The van der Waals surface area contributed by atoms with Crippen molar-refractivity contribution in [2.75, 3.05) is 7.05 Å². The third-order valence-corrected chi connectivity index (χ3v) is 3.14. The SMILES string of the molecule is CN(Cc1ncc(C(C)(C)C)o1)C(C)(C)C(=O)O. The summed E-state index contributed by atoms with van der Waals surface area (Å²) in [4.78, 5) is 17.0. The van der Waals surface area contributed by atoms with E-state index in [2.05, 4.69) is 4.98 Å². The number of hydrogen-bond donors (Lipinski definition) is 1. The normalized spacial score (nSPS) is 13.1. The molecule has 1 rings (SSSR count). The molecule has 0 saturated heterocycles. The van der Waals surface area contributed by atoms with Crippen LogP contribution in [0.3, 0.4) is 0 Å². The second-order valence-electron chi connectivity index (χ2n) is 6.09. The molecule has 102 valence electrons. The van der Waals surface area contributed by atoms with Crippen LogP contribution in [0.1, 0.15) is 46.3 Å². The molecule has 0 amide bonds. The van der Waals surface area contributed by atoms with Crippen LogP contribution in [0.5, 0.6) is 0 Å². The van der Waals surface area contributed by atoms with Crippen LogP contribution in [0.2, 0.25) is 0 Å². The average molecular weight is 254 g/mol. The van der Waals surface area contributed by atoms with E-state index in [4.69, 9.17) is 9.52 Å². The molecule has 5 nitrogen and oxygen atoms in total. The van der Waals surface area contributed by atoms with Crippen molar-refractivity contribution in [3.63, 3.8) is 0 Å². The molecule has 1 N–H and O–H groups in total. The Balaban J connectivity index is 2.80. The maximum Gasteiger partial charge on any atom is 0.323 e. The number of carboxylic acid groups (broad SMARTS) is 1. The van der Waals surface area contributed by atoms with Gasteiger partial charge in [0.05, 0.1) is 12.7 Å². The quantitative estimate of drug-likeness (QED) is 0.892. The maximum absolute atomic E-state index is 11.1. The number of likely N-dealkylation sites (N-methyl/N-ethyl adjacent to an activating group) is 1. The Morgan fingerprint density at radius 1 is 1.39 bits per heavy atom. The molecule has 0 radical (unpaired) electrons. The first-order valence-corrected chi connectivity index (χ1v) is 5.95. The van der Waals surface area contributed by atoms with Gasteiger partial charge in [-0.1, -0.05) is 20.8 Å². The van der Waals surface area contributed by atoms with E-state index in [1.54, 1.807) is 32.0 Å². The van der Waals surface area contributed by atoms with Crippen LogP contribution in [-0.2, 0) is 16.8 Å². The molecular weight excluding hydrogens is 232 g/mol. The summed E-state index contributed by atoms with van der Waals surface area (Å²) in [6, 6.07) is 0. The number of carboxylic acids is 1. The number of rotatable bonds is 4. The van der Waals surface area contributed by atoms with Crippen LogP contribution < -0.4 is 0 Å². The lowest BCUT2D eigenvalue weighted by molar-refractivity contribution is -0.149. The van der Waals surface area contributed by atoms with Crippen molar-refractivity contribution in [3.05, 3.63) is 17.8 Å². The minimum atomic E-state index is -0.948. The number of nitrogens with zero attached hydrogens (tertiary/aromatic N) is 2. The number of oxazole rings is 1. The first kappa shape index (κ1) is 14.7. The minimum absolute atomic E-state index is 0.0911. The van der Waals surface area contributed by atoms with Crippen LogP contribution >= 0.6 is 0 Å². The fourth-order valence-electron chi connectivity index (χ4n) is 1.29. The molecule has 0 saturated carbocycles. The summed E-state index contributed by atoms with van der Waals surface area (Å²) in [6.07, 6.45) is 1.71. The van der Waals surface area contributed by atoms with Gasteiger partial charge in [0.2, 0.25) is 5.89 Å². The number of carbonyl (C=O) groups is 1. The molecule has 1 heterocycles. The zero-order valence-electron chi connectivity index (χ0n) is 11.9. The second-order valence-corrected chi connectivity index (χ2v) is 6.09. The van der Waals surface area contributed by atoms with Crippen molar-refractivity contribution in [1.82, 2.24) is 9.88 Å². The summed E-state index contributed by atoms with van der Waals surface area (Å²) in [6.45, 7) is 9.81.